The Bertz CT molecular complexity index is 1130. The Labute approximate surface area is 179 Å². The smallest absolute Gasteiger partial charge is 0.337 e. The van der Waals surface area contributed by atoms with Gasteiger partial charge in [0.25, 0.3) is 0 Å². The topological polar surface area (TPSA) is 74.7 Å². The normalized spacial score (nSPS) is 15.2. The lowest BCUT2D eigenvalue weighted by Crippen LogP contribution is -2.15. The van der Waals surface area contributed by atoms with Crippen LogP contribution in [0.1, 0.15) is 28.3 Å². The molecule has 2 aromatic carbocycles. The Kier molecular flexibility index (Phi) is 5.84. The number of aromatic carboxylic acids is 1. The number of fused-ring (bicyclic) bond motifs is 1. The second kappa shape index (κ2) is 8.87. The lowest BCUT2D eigenvalue weighted by Gasteiger charge is -2.27. The average molecular weight is 419 g/mol. The van der Waals surface area contributed by atoms with Gasteiger partial charge >= 0.3 is 5.97 Å². The predicted octanol–water partition coefficient (Wildman–Crippen LogP) is 5.18. The van der Waals surface area contributed by atoms with E-state index in [1.807, 2.05) is 31.3 Å². The van der Waals surface area contributed by atoms with Crippen LogP contribution in [0.3, 0.4) is 0 Å². The van der Waals surface area contributed by atoms with E-state index in [1.54, 1.807) is 29.3 Å². The Morgan fingerprint density at radius 2 is 2.13 bits per heavy atom. The molecule has 0 amide bonds. The van der Waals surface area contributed by atoms with Crippen LogP contribution in [0, 0.1) is 5.82 Å². The standard InChI is InChI=1S/C24H22FN3O3/c1-28(22-5-3-2-4-20(22)25)17-6-7-18-16(10-13-31-23(18)14-17)8-12-27-21-15-26-11-9-19(21)24(29)30/h2-9,11-12,14-16,27H,10,13H2,1H3,(H,29,30)/b12-8+. The average Bonchev–Trinajstić information content (AvgIpc) is 2.79. The zero-order chi connectivity index (χ0) is 21.8. The number of para-hydroxylation sites is 1. The van der Waals surface area contributed by atoms with Crippen molar-refractivity contribution in [1.29, 1.82) is 0 Å². The molecule has 4 rings (SSSR count). The molecule has 0 fully saturated rings. The number of anilines is 3. The number of hydrogen-bond donors (Lipinski definition) is 2. The summed E-state index contributed by atoms with van der Waals surface area (Å²) in [6.45, 7) is 0.558. The number of halogens is 1. The second-order valence-corrected chi connectivity index (χ2v) is 7.21. The number of ether oxygens (including phenoxy) is 1. The van der Waals surface area contributed by atoms with Gasteiger partial charge in [0.1, 0.15) is 11.6 Å². The maximum absolute atomic E-state index is 14.2. The SMILES string of the molecule is CN(c1ccc2c(c1)OCCC2/C=C/Nc1cnccc1C(=O)O)c1ccccc1F. The van der Waals surface area contributed by atoms with E-state index in [4.69, 9.17) is 4.74 Å². The van der Waals surface area contributed by atoms with Gasteiger partial charge in [-0.25, -0.2) is 9.18 Å². The summed E-state index contributed by atoms with van der Waals surface area (Å²) in [6, 6.07) is 13.9. The number of carbonyl (C=O) groups is 1. The van der Waals surface area contributed by atoms with E-state index in [0.29, 0.717) is 18.0 Å². The number of nitrogens with zero attached hydrogens (tertiary/aromatic N) is 2. The molecule has 7 heteroatoms. The molecular formula is C24H22FN3O3. The number of benzene rings is 2. The van der Waals surface area contributed by atoms with E-state index in [-0.39, 0.29) is 17.3 Å². The monoisotopic (exact) mass is 419 g/mol. The molecule has 0 saturated carbocycles. The van der Waals surface area contributed by atoms with Crippen molar-refractivity contribution in [1.82, 2.24) is 4.98 Å². The van der Waals surface area contributed by atoms with Crippen molar-refractivity contribution in [2.24, 2.45) is 0 Å². The number of rotatable bonds is 6. The molecule has 0 bridgehead atoms. The van der Waals surface area contributed by atoms with Gasteiger partial charge in [0.15, 0.2) is 0 Å². The van der Waals surface area contributed by atoms with Crippen molar-refractivity contribution >= 4 is 23.0 Å². The van der Waals surface area contributed by atoms with Crippen LogP contribution >= 0.6 is 0 Å². The maximum Gasteiger partial charge on any atom is 0.337 e. The predicted molar refractivity (Wildman–Crippen MR) is 118 cm³/mol. The molecule has 1 aliphatic heterocycles. The number of aromatic nitrogens is 1. The summed E-state index contributed by atoms with van der Waals surface area (Å²) in [6.07, 6.45) is 7.45. The second-order valence-electron chi connectivity index (χ2n) is 7.21. The highest BCUT2D eigenvalue weighted by atomic mass is 19.1. The highest BCUT2D eigenvalue weighted by Gasteiger charge is 2.21. The Morgan fingerprint density at radius 3 is 2.94 bits per heavy atom. The molecule has 2 N–H and O–H groups in total. The highest BCUT2D eigenvalue weighted by Crippen LogP contribution is 2.38. The molecule has 3 aromatic rings. The van der Waals surface area contributed by atoms with Crippen LogP contribution in [0.2, 0.25) is 0 Å². The fourth-order valence-corrected chi connectivity index (χ4v) is 3.63. The number of hydrogen-bond acceptors (Lipinski definition) is 5. The molecule has 6 nitrogen and oxygen atoms in total. The molecule has 1 unspecified atom stereocenters. The van der Waals surface area contributed by atoms with Crippen LogP contribution in [0.5, 0.6) is 5.75 Å². The first-order chi connectivity index (χ1) is 15.0. The van der Waals surface area contributed by atoms with Gasteiger partial charge in [-0.3, -0.25) is 4.98 Å². The summed E-state index contributed by atoms with van der Waals surface area (Å²) in [5, 5.41) is 12.3. The van der Waals surface area contributed by atoms with Gasteiger partial charge in [0.05, 0.1) is 29.7 Å². The van der Waals surface area contributed by atoms with E-state index in [2.05, 4.69) is 10.3 Å². The Balaban J connectivity index is 1.53. The van der Waals surface area contributed by atoms with Crippen LogP contribution in [0.15, 0.2) is 73.2 Å². The molecule has 1 aliphatic rings. The molecule has 0 radical (unpaired) electrons. The largest absolute Gasteiger partial charge is 0.493 e. The summed E-state index contributed by atoms with van der Waals surface area (Å²) in [7, 11) is 1.82. The van der Waals surface area contributed by atoms with E-state index in [0.717, 1.165) is 23.4 Å². The van der Waals surface area contributed by atoms with Crippen molar-refractivity contribution in [3.8, 4) is 5.75 Å². The number of pyridine rings is 1. The van der Waals surface area contributed by atoms with Gasteiger partial charge in [0, 0.05) is 36.5 Å². The van der Waals surface area contributed by atoms with E-state index in [9.17, 15) is 14.3 Å². The van der Waals surface area contributed by atoms with Crippen LogP contribution < -0.4 is 15.0 Å². The molecule has 0 spiro atoms. The molecule has 2 heterocycles. The lowest BCUT2D eigenvalue weighted by molar-refractivity contribution is 0.0698. The fourth-order valence-electron chi connectivity index (χ4n) is 3.63. The van der Waals surface area contributed by atoms with Crippen LogP contribution in [0.25, 0.3) is 0 Å². The lowest BCUT2D eigenvalue weighted by atomic mass is 9.92. The first kappa shape index (κ1) is 20.4. The zero-order valence-electron chi connectivity index (χ0n) is 17.0. The van der Waals surface area contributed by atoms with Crippen molar-refractivity contribution in [2.45, 2.75) is 12.3 Å². The van der Waals surface area contributed by atoms with Gasteiger partial charge < -0.3 is 20.1 Å². The van der Waals surface area contributed by atoms with Crippen molar-refractivity contribution in [2.75, 3.05) is 23.9 Å². The van der Waals surface area contributed by atoms with Crippen LogP contribution in [-0.4, -0.2) is 29.7 Å². The van der Waals surface area contributed by atoms with Gasteiger partial charge in [-0.1, -0.05) is 24.3 Å². The maximum atomic E-state index is 14.2. The quantitative estimate of drug-likeness (QED) is 0.574. The molecule has 1 aromatic heterocycles. The molecule has 158 valence electrons. The van der Waals surface area contributed by atoms with Crippen molar-refractivity contribution in [3.63, 3.8) is 0 Å². The van der Waals surface area contributed by atoms with Gasteiger partial charge in [-0.05, 0) is 36.9 Å². The third-order valence-corrected chi connectivity index (χ3v) is 5.30. The van der Waals surface area contributed by atoms with E-state index < -0.39 is 5.97 Å². The fraction of sp³-hybridized carbons (Fsp3) is 0.167. The third-order valence-electron chi connectivity index (χ3n) is 5.30. The molecule has 0 saturated heterocycles. The number of allylic oxidation sites excluding steroid dienone is 1. The Morgan fingerprint density at radius 1 is 1.29 bits per heavy atom. The van der Waals surface area contributed by atoms with Gasteiger partial charge in [-0.15, -0.1) is 0 Å². The number of nitrogens with one attached hydrogen (secondary N) is 1. The zero-order valence-corrected chi connectivity index (χ0v) is 17.0. The molecule has 0 aliphatic carbocycles. The number of carboxylic acid groups (broad SMARTS) is 1. The first-order valence-corrected chi connectivity index (χ1v) is 9.90. The summed E-state index contributed by atoms with van der Waals surface area (Å²) in [5.74, 6) is -0.434. The Hall–Kier alpha value is -3.87. The molecular weight excluding hydrogens is 397 g/mol. The summed E-state index contributed by atoms with van der Waals surface area (Å²) < 4.78 is 20.0. The highest BCUT2D eigenvalue weighted by molar-refractivity contribution is 5.94. The summed E-state index contributed by atoms with van der Waals surface area (Å²) >= 11 is 0. The van der Waals surface area contributed by atoms with E-state index >= 15 is 0 Å². The minimum absolute atomic E-state index is 0.106. The third kappa shape index (κ3) is 4.35. The van der Waals surface area contributed by atoms with Crippen LogP contribution in [-0.2, 0) is 0 Å². The molecule has 31 heavy (non-hydrogen) atoms. The summed E-state index contributed by atoms with van der Waals surface area (Å²) in [5.41, 5.74) is 2.94. The molecule has 1 atom stereocenters. The van der Waals surface area contributed by atoms with Gasteiger partial charge in [0.2, 0.25) is 0 Å². The van der Waals surface area contributed by atoms with Crippen LogP contribution in [0.4, 0.5) is 21.5 Å². The summed E-state index contributed by atoms with van der Waals surface area (Å²) in [4.78, 5) is 17.1. The minimum Gasteiger partial charge on any atom is -0.493 e. The van der Waals surface area contributed by atoms with Crippen molar-refractivity contribution in [3.05, 3.63) is 90.1 Å². The minimum atomic E-state index is -1.01. The van der Waals surface area contributed by atoms with E-state index in [1.165, 1.54) is 24.5 Å². The first-order valence-electron chi connectivity index (χ1n) is 9.90. The van der Waals surface area contributed by atoms with Gasteiger partial charge in [-0.2, -0.15) is 0 Å². The number of carboxylic acids is 1. The van der Waals surface area contributed by atoms with Crippen molar-refractivity contribution < 1.29 is 19.0 Å².